The van der Waals surface area contributed by atoms with Gasteiger partial charge in [0.2, 0.25) is 0 Å². The van der Waals surface area contributed by atoms with Gasteiger partial charge in [-0.25, -0.2) is 4.90 Å². The van der Waals surface area contributed by atoms with Crippen molar-refractivity contribution in [3.63, 3.8) is 0 Å². The van der Waals surface area contributed by atoms with E-state index in [1.54, 1.807) is 48.5 Å². The molecule has 2 aromatic rings. The number of aliphatic hydroxyl groups is 1. The second kappa shape index (κ2) is 5.61. The molecular formula is C18H15NO4. The van der Waals surface area contributed by atoms with Gasteiger partial charge in [-0.2, -0.15) is 0 Å². The minimum atomic E-state index is -0.718. The number of anilines is 1. The minimum Gasteiger partial charge on any atom is -0.502 e. The number of carbonyl (C=O) groups excluding carboxylic acids is 2. The van der Waals surface area contributed by atoms with Crippen LogP contribution in [0.15, 0.2) is 54.3 Å². The fraction of sp³-hybridized carbons (Fsp3) is 0.111. The van der Waals surface area contributed by atoms with Crippen LogP contribution in [0.2, 0.25) is 0 Å². The highest BCUT2D eigenvalue weighted by atomic mass is 16.5. The van der Waals surface area contributed by atoms with Crippen molar-refractivity contribution in [2.75, 3.05) is 12.0 Å². The van der Waals surface area contributed by atoms with E-state index in [2.05, 4.69) is 0 Å². The Balaban J connectivity index is 2.00. The lowest BCUT2D eigenvalue weighted by Crippen LogP contribution is -2.31. The molecule has 2 aromatic carbocycles. The van der Waals surface area contributed by atoms with E-state index in [1.807, 2.05) is 6.92 Å². The molecule has 0 unspecified atom stereocenters. The monoisotopic (exact) mass is 309 g/mol. The Morgan fingerprint density at radius 2 is 1.52 bits per heavy atom. The Morgan fingerprint density at radius 3 is 2.09 bits per heavy atom. The first kappa shape index (κ1) is 14.8. The zero-order chi connectivity index (χ0) is 16.6. The number of ether oxygens (including phenoxy) is 1. The first-order valence-electron chi connectivity index (χ1n) is 7.06. The molecule has 0 radical (unpaired) electrons. The number of rotatable bonds is 3. The predicted octanol–water partition coefficient (Wildman–Crippen LogP) is 2.85. The summed E-state index contributed by atoms with van der Waals surface area (Å²) in [5.41, 5.74) is 1.91. The molecule has 0 spiro atoms. The summed E-state index contributed by atoms with van der Waals surface area (Å²) >= 11 is 0. The number of aliphatic hydroxyl groups excluding tert-OH is 1. The smallest absolute Gasteiger partial charge is 0.301 e. The molecule has 0 aromatic heterocycles. The van der Waals surface area contributed by atoms with Crippen molar-refractivity contribution in [2.45, 2.75) is 6.92 Å². The number of imide groups is 1. The molecule has 1 N–H and O–H groups in total. The fourth-order valence-electron chi connectivity index (χ4n) is 2.46. The number of nitrogens with zero attached hydrogens (tertiary/aromatic N) is 1. The molecule has 0 bridgehead atoms. The summed E-state index contributed by atoms with van der Waals surface area (Å²) in [6.45, 7) is 1.91. The van der Waals surface area contributed by atoms with E-state index >= 15 is 0 Å². The lowest BCUT2D eigenvalue weighted by molar-refractivity contribution is -0.121. The highest BCUT2D eigenvalue weighted by Crippen LogP contribution is 2.32. The lowest BCUT2D eigenvalue weighted by atomic mass is 10.1. The number of amides is 2. The van der Waals surface area contributed by atoms with Crippen LogP contribution in [0.1, 0.15) is 11.1 Å². The largest absolute Gasteiger partial charge is 0.502 e. The van der Waals surface area contributed by atoms with Crippen molar-refractivity contribution >= 4 is 23.1 Å². The van der Waals surface area contributed by atoms with Gasteiger partial charge >= 0.3 is 5.91 Å². The molecule has 0 saturated carbocycles. The van der Waals surface area contributed by atoms with Crippen LogP contribution in [0.5, 0.6) is 5.75 Å². The van der Waals surface area contributed by atoms with Gasteiger partial charge in [-0.15, -0.1) is 0 Å². The second-order valence-electron chi connectivity index (χ2n) is 5.23. The standard InChI is InChI=1S/C18H15NO4/c1-11-3-7-13(8-4-11)19-17(21)15(16(20)18(19)22)12-5-9-14(23-2)10-6-12/h3-10,20H,1-2H3. The summed E-state index contributed by atoms with van der Waals surface area (Å²) in [4.78, 5) is 25.9. The zero-order valence-electron chi connectivity index (χ0n) is 12.7. The van der Waals surface area contributed by atoms with Crippen LogP contribution < -0.4 is 9.64 Å². The highest BCUT2D eigenvalue weighted by molar-refractivity contribution is 6.44. The Morgan fingerprint density at radius 1 is 0.913 bits per heavy atom. The first-order chi connectivity index (χ1) is 11.0. The summed E-state index contributed by atoms with van der Waals surface area (Å²) in [5, 5.41) is 10.1. The molecule has 23 heavy (non-hydrogen) atoms. The van der Waals surface area contributed by atoms with Crippen LogP contribution in [-0.2, 0) is 9.59 Å². The molecule has 5 heteroatoms. The zero-order valence-corrected chi connectivity index (χ0v) is 12.7. The van der Waals surface area contributed by atoms with Gasteiger partial charge in [0.1, 0.15) is 5.75 Å². The molecule has 116 valence electrons. The molecular weight excluding hydrogens is 294 g/mol. The summed E-state index contributed by atoms with van der Waals surface area (Å²) in [6, 6.07) is 13.6. The molecule has 5 nitrogen and oxygen atoms in total. The van der Waals surface area contributed by atoms with Crippen LogP contribution in [0, 0.1) is 6.92 Å². The van der Waals surface area contributed by atoms with Gasteiger partial charge in [0, 0.05) is 0 Å². The predicted molar refractivity (Wildman–Crippen MR) is 86.2 cm³/mol. The second-order valence-corrected chi connectivity index (χ2v) is 5.23. The highest BCUT2D eigenvalue weighted by Gasteiger charge is 2.40. The van der Waals surface area contributed by atoms with Crippen LogP contribution in [0.25, 0.3) is 5.57 Å². The average Bonchev–Trinajstić information content (AvgIpc) is 2.78. The van der Waals surface area contributed by atoms with Gasteiger partial charge in [0.15, 0.2) is 5.76 Å². The maximum atomic E-state index is 12.6. The fourth-order valence-corrected chi connectivity index (χ4v) is 2.46. The Labute approximate surface area is 133 Å². The van der Waals surface area contributed by atoms with E-state index in [0.29, 0.717) is 17.0 Å². The third-order valence-electron chi connectivity index (χ3n) is 3.73. The van der Waals surface area contributed by atoms with E-state index in [9.17, 15) is 14.7 Å². The van der Waals surface area contributed by atoms with Crippen LogP contribution in [-0.4, -0.2) is 24.0 Å². The van der Waals surface area contributed by atoms with Crippen LogP contribution in [0.3, 0.4) is 0 Å². The van der Waals surface area contributed by atoms with Gasteiger partial charge < -0.3 is 9.84 Å². The van der Waals surface area contributed by atoms with Crippen LogP contribution in [0.4, 0.5) is 5.69 Å². The number of hydrogen-bond acceptors (Lipinski definition) is 4. The summed E-state index contributed by atoms with van der Waals surface area (Å²) in [6.07, 6.45) is 0. The van der Waals surface area contributed by atoms with Crippen molar-refractivity contribution in [2.24, 2.45) is 0 Å². The van der Waals surface area contributed by atoms with Gasteiger partial charge in [-0.1, -0.05) is 29.8 Å². The number of hydrogen-bond donors (Lipinski definition) is 1. The molecule has 2 amide bonds. The maximum absolute atomic E-state index is 12.6. The number of methoxy groups -OCH3 is 1. The molecule has 0 atom stereocenters. The van der Waals surface area contributed by atoms with Crippen LogP contribution >= 0.6 is 0 Å². The number of benzene rings is 2. The van der Waals surface area contributed by atoms with Crippen molar-refractivity contribution in [3.8, 4) is 5.75 Å². The third kappa shape index (κ3) is 2.46. The van der Waals surface area contributed by atoms with E-state index in [4.69, 9.17) is 4.74 Å². The maximum Gasteiger partial charge on any atom is 0.301 e. The summed E-state index contributed by atoms with van der Waals surface area (Å²) in [5.74, 6) is -1.17. The topological polar surface area (TPSA) is 66.8 Å². The van der Waals surface area contributed by atoms with Gasteiger partial charge in [0.25, 0.3) is 5.91 Å². The lowest BCUT2D eigenvalue weighted by Gasteiger charge is -2.14. The van der Waals surface area contributed by atoms with E-state index < -0.39 is 17.6 Å². The summed E-state index contributed by atoms with van der Waals surface area (Å²) in [7, 11) is 1.54. The molecule has 0 fully saturated rings. The van der Waals surface area contributed by atoms with Crippen molar-refractivity contribution < 1.29 is 19.4 Å². The molecule has 0 aliphatic carbocycles. The third-order valence-corrected chi connectivity index (χ3v) is 3.73. The average molecular weight is 309 g/mol. The quantitative estimate of drug-likeness (QED) is 0.885. The van der Waals surface area contributed by atoms with E-state index in [-0.39, 0.29) is 5.57 Å². The number of carbonyl (C=O) groups is 2. The van der Waals surface area contributed by atoms with Gasteiger partial charge in [-0.3, -0.25) is 9.59 Å². The molecule has 1 aliphatic rings. The Bertz CT molecular complexity index is 804. The van der Waals surface area contributed by atoms with E-state index in [1.165, 1.54) is 7.11 Å². The van der Waals surface area contributed by atoms with Crippen molar-refractivity contribution in [1.29, 1.82) is 0 Å². The molecule has 1 heterocycles. The van der Waals surface area contributed by atoms with E-state index in [0.717, 1.165) is 10.5 Å². The number of aryl methyl sites for hydroxylation is 1. The van der Waals surface area contributed by atoms with Gasteiger partial charge in [-0.05, 0) is 36.8 Å². The SMILES string of the molecule is COc1ccc(C2=C(O)C(=O)N(c3ccc(C)cc3)C2=O)cc1. The summed E-state index contributed by atoms with van der Waals surface area (Å²) < 4.78 is 5.07. The molecule has 0 saturated heterocycles. The van der Waals surface area contributed by atoms with Gasteiger partial charge in [0.05, 0.1) is 18.4 Å². The van der Waals surface area contributed by atoms with Crippen molar-refractivity contribution in [1.82, 2.24) is 0 Å². The Kier molecular flexibility index (Phi) is 3.62. The molecule has 3 rings (SSSR count). The normalized spacial score (nSPS) is 14.6. The first-order valence-corrected chi connectivity index (χ1v) is 7.06. The molecule has 1 aliphatic heterocycles. The van der Waals surface area contributed by atoms with Crippen molar-refractivity contribution in [3.05, 3.63) is 65.4 Å². The minimum absolute atomic E-state index is 0.00164. The Hall–Kier alpha value is -3.08.